The number of amides is 1. The van der Waals surface area contributed by atoms with Crippen LogP contribution in [-0.2, 0) is 14.8 Å². The maximum Gasteiger partial charge on any atom is 0.229 e. The van der Waals surface area contributed by atoms with E-state index in [2.05, 4.69) is 10.0 Å². The van der Waals surface area contributed by atoms with Crippen molar-refractivity contribution >= 4 is 27.9 Å². The van der Waals surface area contributed by atoms with Crippen molar-refractivity contribution in [2.24, 2.45) is 0 Å². The molecule has 0 saturated carbocycles. The van der Waals surface area contributed by atoms with E-state index in [0.717, 1.165) is 18.4 Å². The first-order chi connectivity index (χ1) is 11.8. The lowest BCUT2D eigenvalue weighted by Gasteiger charge is -2.19. The molecule has 2 aromatic rings. The Bertz CT molecular complexity index is 881. The summed E-state index contributed by atoms with van der Waals surface area (Å²) >= 11 is 0. The molecule has 25 heavy (non-hydrogen) atoms. The highest BCUT2D eigenvalue weighted by atomic mass is 32.2. The predicted molar refractivity (Wildman–Crippen MR) is 89.3 cm³/mol. The number of para-hydroxylation sites is 1. The Morgan fingerprint density at radius 1 is 1.24 bits per heavy atom. The molecule has 2 rings (SSSR count). The fourth-order valence-corrected chi connectivity index (χ4v) is 2.55. The lowest BCUT2D eigenvalue weighted by Crippen LogP contribution is -2.22. The number of hydrogen-bond acceptors (Lipinski definition) is 6. The average Bonchev–Trinajstić information content (AvgIpc) is 2.54. The molecule has 2 N–H and O–H groups in total. The van der Waals surface area contributed by atoms with Gasteiger partial charge in [0.15, 0.2) is 11.5 Å². The Balaban J connectivity index is 2.46. The number of Topliss-reactive ketones (excluding diaryl/α,β-unsaturated/α-hetero) is 1. The molecule has 0 atom stereocenters. The van der Waals surface area contributed by atoms with Gasteiger partial charge in [0, 0.05) is 5.56 Å². The third kappa shape index (κ3) is 5.21. The molecule has 0 spiro atoms. The molecule has 132 valence electrons. The van der Waals surface area contributed by atoms with Crippen LogP contribution < -0.4 is 19.9 Å². The van der Waals surface area contributed by atoms with Crippen LogP contribution in [0.2, 0.25) is 0 Å². The van der Waals surface area contributed by atoms with Crippen molar-refractivity contribution < 1.29 is 27.9 Å². The Hall–Kier alpha value is -3.07. The summed E-state index contributed by atoms with van der Waals surface area (Å²) in [5, 5.41) is 14.3. The van der Waals surface area contributed by atoms with Crippen LogP contribution >= 0.6 is 0 Å². The van der Waals surface area contributed by atoms with Crippen LogP contribution in [0, 0.1) is 0 Å². The minimum Gasteiger partial charge on any atom is -0.872 e. The second-order valence-electron chi connectivity index (χ2n) is 5.06. The van der Waals surface area contributed by atoms with Gasteiger partial charge in [-0.25, -0.2) is 8.42 Å². The average molecular weight is 363 g/mol. The number of benzene rings is 2. The molecule has 1 amide bonds. The highest BCUT2D eigenvalue weighted by Crippen LogP contribution is 2.35. The minimum absolute atomic E-state index is 0.00863. The first-order valence-corrected chi connectivity index (χ1v) is 8.95. The van der Waals surface area contributed by atoms with Gasteiger partial charge in [0.2, 0.25) is 16.4 Å². The van der Waals surface area contributed by atoms with E-state index in [4.69, 9.17) is 4.74 Å². The number of rotatable bonds is 8. The normalized spacial score (nSPS) is 10.8. The van der Waals surface area contributed by atoms with Crippen LogP contribution in [0.5, 0.6) is 17.2 Å². The zero-order chi connectivity index (χ0) is 18.4. The maximum absolute atomic E-state index is 12.1. The summed E-state index contributed by atoms with van der Waals surface area (Å²) < 4.78 is 30.8. The van der Waals surface area contributed by atoms with Crippen molar-refractivity contribution in [2.75, 3.05) is 17.5 Å². The molecule has 0 radical (unpaired) electrons. The summed E-state index contributed by atoms with van der Waals surface area (Å²) in [6.07, 6.45) is 1.26. The zero-order valence-electron chi connectivity index (χ0n) is 13.2. The minimum atomic E-state index is -3.67. The van der Waals surface area contributed by atoms with E-state index < -0.39 is 21.6 Å². The summed E-state index contributed by atoms with van der Waals surface area (Å²) in [6.45, 7) is -0.359. The third-order valence-corrected chi connectivity index (χ3v) is 3.59. The Kier molecular flexibility index (Phi) is 5.60. The predicted octanol–water partition coefficient (Wildman–Crippen LogP) is 0.853. The van der Waals surface area contributed by atoms with Crippen LogP contribution in [0.1, 0.15) is 10.4 Å². The van der Waals surface area contributed by atoms with E-state index in [1.54, 1.807) is 30.3 Å². The van der Waals surface area contributed by atoms with Crippen molar-refractivity contribution in [2.45, 2.75) is 0 Å². The van der Waals surface area contributed by atoms with Crippen molar-refractivity contribution in [3.05, 3.63) is 48.0 Å². The van der Waals surface area contributed by atoms with Crippen LogP contribution in [-0.4, -0.2) is 33.4 Å². The molecule has 0 unspecified atom stereocenters. The summed E-state index contributed by atoms with van der Waals surface area (Å²) in [5.74, 6) is -0.932. The molecule has 0 aliphatic rings. The molecule has 0 bridgehead atoms. The smallest absolute Gasteiger partial charge is 0.229 e. The standard InChI is InChI=1S/C16H16N2O6S/c1-25(22,23)18-13-8-14(20)12(15(21)9-17-10-19)7-16(13)24-11-5-3-2-4-6-11/h2-8,10,18,20H,9H2,1H3,(H,17,19)/p-1. The molecule has 9 heteroatoms. The summed E-state index contributed by atoms with van der Waals surface area (Å²) in [5.41, 5.74) is -0.310. The lowest BCUT2D eigenvalue weighted by molar-refractivity contribution is -0.268. The van der Waals surface area contributed by atoms with Gasteiger partial charge in [-0.3, -0.25) is 14.3 Å². The molecule has 0 heterocycles. The van der Waals surface area contributed by atoms with Crippen LogP contribution in [0.15, 0.2) is 42.5 Å². The SMILES string of the molecule is CS(=O)(=O)Nc1cc([O-])c(C(=O)CNC=O)cc1Oc1ccccc1. The number of nitrogens with one attached hydrogen (secondary N) is 2. The highest BCUT2D eigenvalue weighted by molar-refractivity contribution is 7.92. The number of anilines is 1. The number of ketones is 1. The molecule has 0 saturated heterocycles. The number of ether oxygens (including phenoxy) is 1. The zero-order valence-corrected chi connectivity index (χ0v) is 14.0. The molecule has 8 nitrogen and oxygen atoms in total. The number of carbonyl (C=O) groups excluding carboxylic acids is 2. The molecular formula is C16H15N2O6S-. The fraction of sp³-hybridized carbons (Fsp3) is 0.125. The van der Waals surface area contributed by atoms with E-state index in [1.807, 2.05) is 0 Å². The maximum atomic E-state index is 12.1. The number of hydrogen-bond donors (Lipinski definition) is 2. The fourth-order valence-electron chi connectivity index (χ4n) is 1.99. The van der Waals surface area contributed by atoms with E-state index >= 15 is 0 Å². The Morgan fingerprint density at radius 2 is 1.92 bits per heavy atom. The molecular weight excluding hydrogens is 348 g/mol. The lowest BCUT2D eigenvalue weighted by atomic mass is 10.1. The quantitative estimate of drug-likeness (QED) is 0.529. The topological polar surface area (TPSA) is 125 Å². The second kappa shape index (κ2) is 7.67. The second-order valence-corrected chi connectivity index (χ2v) is 6.80. The first-order valence-electron chi connectivity index (χ1n) is 7.06. The van der Waals surface area contributed by atoms with E-state index in [-0.39, 0.29) is 23.5 Å². The van der Waals surface area contributed by atoms with Crippen molar-refractivity contribution in [3.63, 3.8) is 0 Å². The van der Waals surface area contributed by atoms with Crippen molar-refractivity contribution in [1.29, 1.82) is 0 Å². The molecule has 0 aliphatic heterocycles. The summed E-state index contributed by atoms with van der Waals surface area (Å²) in [7, 11) is -3.67. The van der Waals surface area contributed by atoms with E-state index in [9.17, 15) is 23.1 Å². The largest absolute Gasteiger partial charge is 0.872 e. The van der Waals surface area contributed by atoms with Crippen LogP contribution in [0.25, 0.3) is 0 Å². The van der Waals surface area contributed by atoms with Gasteiger partial charge in [0.1, 0.15) is 5.75 Å². The molecule has 0 aromatic heterocycles. The van der Waals surface area contributed by atoms with Gasteiger partial charge in [-0.05, 0) is 24.3 Å². The molecule has 0 fully saturated rings. The van der Waals surface area contributed by atoms with Gasteiger partial charge in [-0.1, -0.05) is 23.9 Å². The van der Waals surface area contributed by atoms with Gasteiger partial charge in [-0.2, -0.15) is 0 Å². The molecule has 2 aromatic carbocycles. The van der Waals surface area contributed by atoms with E-state index in [0.29, 0.717) is 12.2 Å². The molecule has 0 aliphatic carbocycles. The number of carbonyl (C=O) groups is 2. The van der Waals surface area contributed by atoms with Gasteiger partial charge >= 0.3 is 0 Å². The van der Waals surface area contributed by atoms with Crippen LogP contribution in [0.4, 0.5) is 5.69 Å². The Morgan fingerprint density at radius 3 is 2.52 bits per heavy atom. The van der Waals surface area contributed by atoms with Gasteiger partial charge in [0.25, 0.3) is 0 Å². The number of sulfonamides is 1. The van der Waals surface area contributed by atoms with Crippen molar-refractivity contribution in [3.8, 4) is 17.2 Å². The monoisotopic (exact) mass is 363 g/mol. The summed E-state index contributed by atoms with van der Waals surface area (Å²) in [6, 6.07) is 10.6. The first kappa shape index (κ1) is 18.3. The Labute approximate surface area is 144 Å². The third-order valence-electron chi connectivity index (χ3n) is 2.99. The summed E-state index contributed by atoms with van der Waals surface area (Å²) in [4.78, 5) is 22.3. The van der Waals surface area contributed by atoms with Gasteiger partial charge in [-0.15, -0.1) is 0 Å². The highest BCUT2D eigenvalue weighted by Gasteiger charge is 2.15. The van der Waals surface area contributed by atoms with Crippen LogP contribution in [0.3, 0.4) is 0 Å². The van der Waals surface area contributed by atoms with E-state index in [1.165, 1.54) is 0 Å². The van der Waals surface area contributed by atoms with Gasteiger partial charge in [0.05, 0.1) is 18.5 Å². The van der Waals surface area contributed by atoms with Crippen molar-refractivity contribution in [1.82, 2.24) is 5.32 Å². The van der Waals surface area contributed by atoms with Gasteiger partial charge < -0.3 is 15.2 Å².